The van der Waals surface area contributed by atoms with E-state index in [4.69, 9.17) is 11.6 Å². The largest absolute Gasteiger partial charge is 0.355 e. The van der Waals surface area contributed by atoms with Crippen LogP contribution in [-0.2, 0) is 13.1 Å². The van der Waals surface area contributed by atoms with Gasteiger partial charge in [-0.1, -0.05) is 41.9 Å². The molecular formula is C15H18ClN3. The Morgan fingerprint density at radius 2 is 2.00 bits per heavy atom. The van der Waals surface area contributed by atoms with Crippen molar-refractivity contribution >= 4 is 17.4 Å². The zero-order valence-corrected chi connectivity index (χ0v) is 12.0. The van der Waals surface area contributed by atoms with Crippen LogP contribution in [0.5, 0.6) is 0 Å². The molecule has 19 heavy (non-hydrogen) atoms. The average Bonchev–Trinajstić information content (AvgIpc) is 2.42. The quantitative estimate of drug-likeness (QED) is 0.909. The van der Waals surface area contributed by atoms with Crippen LogP contribution >= 0.6 is 11.6 Å². The first-order valence-corrected chi connectivity index (χ1v) is 6.62. The lowest BCUT2D eigenvalue weighted by molar-refractivity contribution is 0.811. The van der Waals surface area contributed by atoms with Crippen LogP contribution in [0.4, 0.5) is 5.82 Å². The van der Waals surface area contributed by atoms with Crippen LogP contribution in [0.1, 0.15) is 11.1 Å². The summed E-state index contributed by atoms with van der Waals surface area (Å²) in [5.41, 5.74) is 2.32. The molecule has 1 aromatic heterocycles. The summed E-state index contributed by atoms with van der Waals surface area (Å²) in [5, 5.41) is 3.81. The molecule has 2 aromatic rings. The highest BCUT2D eigenvalue weighted by Crippen LogP contribution is 2.20. The number of benzene rings is 1. The van der Waals surface area contributed by atoms with Gasteiger partial charge in [0.1, 0.15) is 5.82 Å². The van der Waals surface area contributed by atoms with Crippen molar-refractivity contribution in [1.29, 1.82) is 0 Å². The van der Waals surface area contributed by atoms with Crippen molar-refractivity contribution in [3.05, 3.63) is 58.7 Å². The molecule has 0 saturated carbocycles. The van der Waals surface area contributed by atoms with Gasteiger partial charge in [-0.15, -0.1) is 0 Å². The summed E-state index contributed by atoms with van der Waals surface area (Å²) in [6, 6.07) is 12.4. The van der Waals surface area contributed by atoms with Crippen molar-refractivity contribution < 1.29 is 0 Å². The first kappa shape index (κ1) is 13.8. The molecule has 0 aliphatic rings. The molecule has 0 unspecified atom stereocenters. The average molecular weight is 276 g/mol. The predicted octanol–water partition coefficient (Wildman–Crippen LogP) is 3.09. The number of anilines is 1. The molecule has 0 aliphatic carbocycles. The molecule has 1 N–H and O–H groups in total. The van der Waals surface area contributed by atoms with Gasteiger partial charge in [0.2, 0.25) is 0 Å². The van der Waals surface area contributed by atoms with Gasteiger partial charge in [0.25, 0.3) is 0 Å². The van der Waals surface area contributed by atoms with Gasteiger partial charge in [-0.05, 0) is 24.2 Å². The molecule has 100 valence electrons. The van der Waals surface area contributed by atoms with Gasteiger partial charge in [-0.2, -0.15) is 0 Å². The van der Waals surface area contributed by atoms with Gasteiger partial charge < -0.3 is 10.2 Å². The topological polar surface area (TPSA) is 28.2 Å². The SMILES string of the molecule is CNCc1cc(N(C)Cc2ccccc2)ncc1Cl. The molecule has 4 heteroatoms. The van der Waals surface area contributed by atoms with Crippen molar-refractivity contribution in [3.63, 3.8) is 0 Å². The van der Waals surface area contributed by atoms with Gasteiger partial charge in [-0.25, -0.2) is 4.98 Å². The van der Waals surface area contributed by atoms with Gasteiger partial charge in [0, 0.05) is 26.3 Å². The van der Waals surface area contributed by atoms with E-state index in [9.17, 15) is 0 Å². The summed E-state index contributed by atoms with van der Waals surface area (Å²) in [6.45, 7) is 1.57. The van der Waals surface area contributed by atoms with Crippen molar-refractivity contribution in [2.24, 2.45) is 0 Å². The molecule has 0 spiro atoms. The van der Waals surface area contributed by atoms with Crippen molar-refractivity contribution in [2.45, 2.75) is 13.1 Å². The second kappa shape index (κ2) is 6.55. The maximum atomic E-state index is 6.12. The van der Waals surface area contributed by atoms with Crippen molar-refractivity contribution in [2.75, 3.05) is 19.0 Å². The third-order valence-corrected chi connectivity index (χ3v) is 3.28. The van der Waals surface area contributed by atoms with E-state index < -0.39 is 0 Å². The van der Waals surface area contributed by atoms with Crippen LogP contribution in [0.3, 0.4) is 0 Å². The standard InChI is InChI=1S/C15H18ClN3/c1-17-9-13-8-15(18-10-14(13)16)19(2)11-12-6-4-3-5-7-12/h3-8,10,17H,9,11H2,1-2H3. The first-order valence-electron chi connectivity index (χ1n) is 6.25. The molecule has 1 aromatic carbocycles. The van der Waals surface area contributed by atoms with Crippen LogP contribution in [0, 0.1) is 0 Å². The van der Waals surface area contributed by atoms with Crippen LogP contribution in [-0.4, -0.2) is 19.1 Å². The number of aromatic nitrogens is 1. The Morgan fingerprint density at radius 3 is 2.68 bits per heavy atom. The number of pyridine rings is 1. The monoisotopic (exact) mass is 275 g/mol. The third kappa shape index (κ3) is 3.69. The second-order valence-electron chi connectivity index (χ2n) is 4.51. The van der Waals surface area contributed by atoms with Gasteiger partial charge in [0.05, 0.1) is 5.02 Å². The van der Waals surface area contributed by atoms with Gasteiger partial charge >= 0.3 is 0 Å². The minimum absolute atomic E-state index is 0.700. The van der Waals surface area contributed by atoms with Crippen LogP contribution < -0.4 is 10.2 Å². The second-order valence-corrected chi connectivity index (χ2v) is 4.91. The van der Waals surface area contributed by atoms with Crippen LogP contribution in [0.15, 0.2) is 42.6 Å². The molecule has 0 bridgehead atoms. The van der Waals surface area contributed by atoms with E-state index >= 15 is 0 Å². The number of rotatable bonds is 5. The molecule has 0 radical (unpaired) electrons. The summed E-state index contributed by atoms with van der Waals surface area (Å²) in [4.78, 5) is 6.50. The highest BCUT2D eigenvalue weighted by atomic mass is 35.5. The number of nitrogens with one attached hydrogen (secondary N) is 1. The highest BCUT2D eigenvalue weighted by molar-refractivity contribution is 6.31. The lowest BCUT2D eigenvalue weighted by Crippen LogP contribution is -2.18. The summed E-state index contributed by atoms with van der Waals surface area (Å²) in [7, 11) is 3.94. The number of hydrogen-bond donors (Lipinski definition) is 1. The minimum Gasteiger partial charge on any atom is -0.355 e. The number of nitrogens with zero attached hydrogens (tertiary/aromatic N) is 2. The lowest BCUT2D eigenvalue weighted by Gasteiger charge is -2.19. The summed E-state index contributed by atoms with van der Waals surface area (Å²) in [5.74, 6) is 0.929. The Bertz CT molecular complexity index is 528. The smallest absolute Gasteiger partial charge is 0.128 e. The van der Waals surface area contributed by atoms with Gasteiger partial charge in [0.15, 0.2) is 0 Å². The summed E-state index contributed by atoms with van der Waals surface area (Å²) < 4.78 is 0. The fourth-order valence-electron chi connectivity index (χ4n) is 1.94. The van der Waals surface area contributed by atoms with E-state index in [0.717, 1.165) is 24.5 Å². The molecule has 0 amide bonds. The third-order valence-electron chi connectivity index (χ3n) is 2.94. The van der Waals surface area contributed by atoms with E-state index in [2.05, 4.69) is 27.3 Å². The lowest BCUT2D eigenvalue weighted by atomic mass is 10.2. The van der Waals surface area contributed by atoms with E-state index in [0.29, 0.717) is 5.02 Å². The van der Waals surface area contributed by atoms with Crippen molar-refractivity contribution in [3.8, 4) is 0 Å². The predicted molar refractivity (Wildman–Crippen MR) is 80.6 cm³/mol. The van der Waals surface area contributed by atoms with E-state index in [1.807, 2.05) is 38.4 Å². The fourth-order valence-corrected chi connectivity index (χ4v) is 2.11. The molecule has 0 atom stereocenters. The number of halogens is 1. The normalized spacial score (nSPS) is 10.5. The molecule has 1 heterocycles. The molecule has 3 nitrogen and oxygen atoms in total. The Labute approximate surface area is 119 Å². The Balaban J connectivity index is 2.15. The number of hydrogen-bond acceptors (Lipinski definition) is 3. The van der Waals surface area contributed by atoms with Crippen LogP contribution in [0.25, 0.3) is 0 Å². The Kier molecular flexibility index (Phi) is 4.77. The van der Waals surface area contributed by atoms with E-state index in [1.54, 1.807) is 6.20 Å². The Morgan fingerprint density at radius 1 is 1.26 bits per heavy atom. The fraction of sp³-hybridized carbons (Fsp3) is 0.267. The maximum Gasteiger partial charge on any atom is 0.128 e. The molecule has 0 fully saturated rings. The van der Waals surface area contributed by atoms with Crippen molar-refractivity contribution in [1.82, 2.24) is 10.3 Å². The molecule has 0 saturated heterocycles. The first-order chi connectivity index (χ1) is 9.20. The zero-order valence-electron chi connectivity index (χ0n) is 11.2. The molecule has 2 rings (SSSR count). The zero-order chi connectivity index (χ0) is 13.7. The minimum atomic E-state index is 0.700. The highest BCUT2D eigenvalue weighted by Gasteiger charge is 2.07. The summed E-state index contributed by atoms with van der Waals surface area (Å²) in [6.07, 6.45) is 1.71. The molecular weight excluding hydrogens is 258 g/mol. The summed E-state index contributed by atoms with van der Waals surface area (Å²) >= 11 is 6.12. The van der Waals surface area contributed by atoms with Crippen LogP contribution in [0.2, 0.25) is 5.02 Å². The van der Waals surface area contributed by atoms with E-state index in [1.165, 1.54) is 5.56 Å². The maximum absolute atomic E-state index is 6.12. The Hall–Kier alpha value is -1.58. The van der Waals surface area contributed by atoms with Gasteiger partial charge in [-0.3, -0.25) is 0 Å². The molecule has 0 aliphatic heterocycles. The van der Waals surface area contributed by atoms with E-state index in [-0.39, 0.29) is 0 Å².